The fourth-order valence-corrected chi connectivity index (χ4v) is 2.28. The number of halogens is 2. The maximum atomic E-state index is 11.1. The Labute approximate surface area is 136 Å². The van der Waals surface area contributed by atoms with Crippen LogP contribution in [0.5, 0.6) is 5.88 Å². The van der Waals surface area contributed by atoms with Crippen molar-refractivity contribution < 1.29 is 14.6 Å². The van der Waals surface area contributed by atoms with Gasteiger partial charge in [0.1, 0.15) is 17.2 Å². The fraction of sp³-hybridized carbons (Fsp3) is 0.267. The predicted octanol–water partition coefficient (Wildman–Crippen LogP) is 3.69. The van der Waals surface area contributed by atoms with Gasteiger partial charge in [-0.3, -0.25) is 4.79 Å². The molecule has 114 valence electrons. The van der Waals surface area contributed by atoms with Crippen LogP contribution < -0.4 is 4.74 Å². The van der Waals surface area contributed by atoms with Crippen molar-refractivity contribution in [3.63, 3.8) is 0 Å². The van der Waals surface area contributed by atoms with Gasteiger partial charge in [0.25, 0.3) is 0 Å². The molecule has 0 saturated heterocycles. The predicted molar refractivity (Wildman–Crippen MR) is 82.3 cm³/mol. The monoisotopic (exact) mass is 338 g/mol. The van der Waals surface area contributed by atoms with Crippen molar-refractivity contribution in [3.8, 4) is 17.3 Å². The van der Waals surface area contributed by atoms with Crippen LogP contribution in [0.3, 0.4) is 0 Å². The largest absolute Gasteiger partial charge is 0.481 e. The van der Waals surface area contributed by atoms with Crippen LogP contribution in [0.4, 0.5) is 0 Å². The second-order valence-electron chi connectivity index (χ2n) is 5.23. The lowest BCUT2D eigenvalue weighted by atomic mass is 10.1. The van der Waals surface area contributed by atoms with Gasteiger partial charge in [0.15, 0.2) is 5.82 Å². The molecule has 2 aromatic rings. The number of hydrogen-bond acceptors (Lipinski definition) is 4. The van der Waals surface area contributed by atoms with Gasteiger partial charge in [-0.2, -0.15) is 4.98 Å². The molecule has 0 atom stereocenters. The summed E-state index contributed by atoms with van der Waals surface area (Å²) in [7, 11) is 0. The van der Waals surface area contributed by atoms with Crippen LogP contribution >= 0.6 is 23.2 Å². The van der Waals surface area contributed by atoms with Crippen LogP contribution in [-0.2, 0) is 4.79 Å². The summed E-state index contributed by atoms with van der Waals surface area (Å²) in [5.41, 5.74) is -0.0335. The maximum Gasteiger partial charge on any atom is 0.313 e. The molecular weight excluding hydrogens is 327 g/mol. The molecule has 5 nitrogen and oxygen atoms in total. The van der Waals surface area contributed by atoms with E-state index in [1.54, 1.807) is 24.3 Å². The molecule has 0 amide bonds. The molecule has 22 heavy (non-hydrogen) atoms. The lowest BCUT2D eigenvalue weighted by Gasteiger charge is -2.12. The number of aromatic nitrogens is 2. The Morgan fingerprint density at radius 3 is 2.50 bits per heavy atom. The molecule has 0 unspecified atom stereocenters. The summed E-state index contributed by atoms with van der Waals surface area (Å²) in [4.78, 5) is 19.6. The van der Waals surface area contributed by atoms with Gasteiger partial charge >= 0.3 is 5.97 Å². The molecule has 7 heteroatoms. The number of rotatable bonds is 5. The number of hydrogen-bond donors (Lipinski definition) is 1. The molecule has 3 rings (SSSR count). The minimum atomic E-state index is -0.842. The van der Waals surface area contributed by atoms with E-state index in [2.05, 4.69) is 9.97 Å². The summed E-state index contributed by atoms with van der Waals surface area (Å²) in [5, 5.41) is 9.99. The van der Waals surface area contributed by atoms with Crippen molar-refractivity contribution in [2.24, 2.45) is 5.41 Å². The molecule has 1 heterocycles. The zero-order valence-electron chi connectivity index (χ0n) is 11.4. The van der Waals surface area contributed by atoms with Gasteiger partial charge in [0.2, 0.25) is 5.88 Å². The minimum Gasteiger partial charge on any atom is -0.481 e. The Kier molecular flexibility index (Phi) is 3.93. The molecule has 1 aromatic carbocycles. The molecule has 1 saturated carbocycles. The second kappa shape index (κ2) is 5.74. The van der Waals surface area contributed by atoms with Crippen molar-refractivity contribution in [2.75, 3.05) is 6.61 Å². The summed E-state index contributed by atoms with van der Waals surface area (Å²) in [6.45, 7) is 0.0791. The summed E-state index contributed by atoms with van der Waals surface area (Å²) < 4.78 is 5.52. The number of benzene rings is 1. The quantitative estimate of drug-likeness (QED) is 0.841. The Bertz CT molecular complexity index is 715. The number of aliphatic carboxylic acids is 1. The number of carboxylic acid groups (broad SMARTS) is 1. The van der Waals surface area contributed by atoms with E-state index in [0.717, 1.165) is 5.56 Å². The van der Waals surface area contributed by atoms with Gasteiger partial charge in [-0.05, 0) is 37.1 Å². The standard InChI is InChI=1S/C15H12Cl2N2O3/c16-10-3-1-9(2-4-10)13-18-11(17)7-12(19-13)22-8-15(5-6-15)14(20)21/h1-4,7H,5-6,8H2,(H,20,21). The van der Waals surface area contributed by atoms with Gasteiger partial charge in [0.05, 0.1) is 0 Å². The van der Waals surface area contributed by atoms with Crippen molar-refractivity contribution >= 4 is 29.2 Å². The molecule has 0 aliphatic heterocycles. The SMILES string of the molecule is O=C(O)C1(COc2cc(Cl)nc(-c3ccc(Cl)cc3)n2)CC1. The number of nitrogens with zero attached hydrogens (tertiary/aromatic N) is 2. The average Bonchev–Trinajstić information content (AvgIpc) is 3.27. The van der Waals surface area contributed by atoms with Gasteiger partial charge in [-0.25, -0.2) is 4.98 Å². The van der Waals surface area contributed by atoms with Crippen LogP contribution in [0.25, 0.3) is 11.4 Å². The van der Waals surface area contributed by atoms with E-state index in [-0.39, 0.29) is 17.6 Å². The van der Waals surface area contributed by atoms with Crippen molar-refractivity contribution in [3.05, 3.63) is 40.5 Å². The van der Waals surface area contributed by atoms with Crippen LogP contribution in [-0.4, -0.2) is 27.7 Å². The van der Waals surface area contributed by atoms with Gasteiger partial charge < -0.3 is 9.84 Å². The smallest absolute Gasteiger partial charge is 0.313 e. The third kappa shape index (κ3) is 3.15. The lowest BCUT2D eigenvalue weighted by Crippen LogP contribution is -2.23. The van der Waals surface area contributed by atoms with Crippen molar-refractivity contribution in [2.45, 2.75) is 12.8 Å². The first-order valence-corrected chi connectivity index (χ1v) is 7.41. The van der Waals surface area contributed by atoms with Crippen molar-refractivity contribution in [1.29, 1.82) is 0 Å². The summed E-state index contributed by atoms with van der Waals surface area (Å²) >= 11 is 11.8. The molecule has 1 aromatic heterocycles. The molecule has 1 fully saturated rings. The Morgan fingerprint density at radius 2 is 1.91 bits per heavy atom. The highest BCUT2D eigenvalue weighted by molar-refractivity contribution is 6.30. The normalized spacial score (nSPS) is 15.4. The van der Waals surface area contributed by atoms with E-state index in [1.807, 2.05) is 0 Å². The highest BCUT2D eigenvalue weighted by Crippen LogP contribution is 2.46. The number of carbonyl (C=O) groups is 1. The summed E-state index contributed by atoms with van der Waals surface area (Å²) in [5.74, 6) is -0.178. The minimum absolute atomic E-state index is 0.0791. The van der Waals surface area contributed by atoms with E-state index < -0.39 is 11.4 Å². The van der Waals surface area contributed by atoms with Gasteiger partial charge in [0, 0.05) is 16.7 Å². The van der Waals surface area contributed by atoms with E-state index in [9.17, 15) is 4.79 Å². The van der Waals surface area contributed by atoms with Crippen LogP contribution in [0.15, 0.2) is 30.3 Å². The average molecular weight is 339 g/mol. The molecule has 0 spiro atoms. The Morgan fingerprint density at radius 1 is 1.23 bits per heavy atom. The highest BCUT2D eigenvalue weighted by atomic mass is 35.5. The highest BCUT2D eigenvalue weighted by Gasteiger charge is 2.51. The van der Waals surface area contributed by atoms with Gasteiger partial charge in [-0.1, -0.05) is 23.2 Å². The second-order valence-corrected chi connectivity index (χ2v) is 6.06. The lowest BCUT2D eigenvalue weighted by molar-refractivity contribution is -0.144. The zero-order chi connectivity index (χ0) is 15.7. The van der Waals surface area contributed by atoms with E-state index in [1.165, 1.54) is 6.07 Å². The van der Waals surface area contributed by atoms with Crippen LogP contribution in [0.2, 0.25) is 10.2 Å². The fourth-order valence-electron chi connectivity index (χ4n) is 1.98. The van der Waals surface area contributed by atoms with Crippen LogP contribution in [0, 0.1) is 5.41 Å². The first kappa shape index (κ1) is 15.1. The number of ether oxygens (including phenoxy) is 1. The third-order valence-electron chi connectivity index (χ3n) is 3.58. The van der Waals surface area contributed by atoms with Gasteiger partial charge in [-0.15, -0.1) is 0 Å². The third-order valence-corrected chi connectivity index (χ3v) is 4.02. The molecule has 0 radical (unpaired) electrons. The number of carboxylic acids is 1. The van der Waals surface area contributed by atoms with E-state index in [0.29, 0.717) is 23.7 Å². The molecule has 1 N–H and O–H groups in total. The Hall–Kier alpha value is -1.85. The first-order valence-electron chi connectivity index (χ1n) is 6.65. The molecule has 1 aliphatic carbocycles. The molecular formula is C15H12Cl2N2O3. The summed E-state index contributed by atoms with van der Waals surface area (Å²) in [6, 6.07) is 8.48. The zero-order valence-corrected chi connectivity index (χ0v) is 12.9. The van der Waals surface area contributed by atoms with E-state index >= 15 is 0 Å². The van der Waals surface area contributed by atoms with E-state index in [4.69, 9.17) is 33.0 Å². The topological polar surface area (TPSA) is 72.3 Å². The van der Waals surface area contributed by atoms with Crippen LogP contribution in [0.1, 0.15) is 12.8 Å². The first-order chi connectivity index (χ1) is 10.5. The molecule has 0 bridgehead atoms. The summed E-state index contributed by atoms with van der Waals surface area (Å²) in [6.07, 6.45) is 1.23. The van der Waals surface area contributed by atoms with Crippen molar-refractivity contribution in [1.82, 2.24) is 9.97 Å². The molecule has 1 aliphatic rings. The maximum absolute atomic E-state index is 11.1. The Balaban J connectivity index is 1.81.